The van der Waals surface area contributed by atoms with Gasteiger partial charge in [-0.3, -0.25) is 4.79 Å². The van der Waals surface area contributed by atoms with Gasteiger partial charge >= 0.3 is 0 Å². The number of fused-ring (bicyclic) bond motifs is 1. The van der Waals surface area contributed by atoms with Gasteiger partial charge in [-0.05, 0) is 55.3 Å². The third kappa shape index (κ3) is 3.30. The Morgan fingerprint density at radius 3 is 2.47 bits per heavy atom. The first-order valence-electron chi connectivity index (χ1n) is 8.21. The molecule has 2 saturated carbocycles. The number of allylic oxidation sites excluding steroid dienone is 2. The number of ketones is 1. The number of hydrogen-bond acceptors (Lipinski definition) is 1. The average molecular weight is 262 g/mol. The van der Waals surface area contributed by atoms with Crippen molar-refractivity contribution in [2.45, 2.75) is 59.8 Å². The predicted molar refractivity (Wildman–Crippen MR) is 80.9 cm³/mol. The van der Waals surface area contributed by atoms with Crippen LogP contribution < -0.4 is 0 Å². The highest BCUT2D eigenvalue weighted by Gasteiger charge is 2.42. The van der Waals surface area contributed by atoms with Crippen LogP contribution in [-0.2, 0) is 4.79 Å². The lowest BCUT2D eigenvalue weighted by molar-refractivity contribution is -0.126. The molecule has 108 valence electrons. The van der Waals surface area contributed by atoms with Gasteiger partial charge in [-0.15, -0.1) is 0 Å². The van der Waals surface area contributed by atoms with E-state index in [2.05, 4.69) is 39.8 Å². The molecule has 0 aromatic rings. The lowest BCUT2D eigenvalue weighted by Crippen LogP contribution is -2.29. The smallest absolute Gasteiger partial charge is 0.136 e. The molecular weight excluding hydrogens is 232 g/mol. The van der Waals surface area contributed by atoms with Gasteiger partial charge in [0.2, 0.25) is 0 Å². The zero-order valence-corrected chi connectivity index (χ0v) is 13.1. The fourth-order valence-corrected chi connectivity index (χ4v) is 3.98. The fraction of sp³-hybridized carbons (Fsp3) is 0.833. The molecule has 0 bridgehead atoms. The number of hydrogen-bond donors (Lipinski definition) is 0. The molecule has 2 rings (SSSR count). The molecule has 0 amide bonds. The molecule has 5 atom stereocenters. The fourth-order valence-electron chi connectivity index (χ4n) is 3.98. The Bertz CT molecular complexity index is 342. The van der Waals surface area contributed by atoms with E-state index in [0.29, 0.717) is 29.5 Å². The summed E-state index contributed by atoms with van der Waals surface area (Å²) < 4.78 is 0. The highest BCUT2D eigenvalue weighted by atomic mass is 16.1. The van der Waals surface area contributed by atoms with Gasteiger partial charge in [0.15, 0.2) is 0 Å². The van der Waals surface area contributed by atoms with Gasteiger partial charge in [-0.25, -0.2) is 0 Å². The molecule has 0 saturated heterocycles. The van der Waals surface area contributed by atoms with E-state index < -0.39 is 0 Å². The molecule has 0 radical (unpaired) electrons. The van der Waals surface area contributed by atoms with Gasteiger partial charge in [0.05, 0.1) is 0 Å². The standard InChI is InChI=1S/C18H30O/c1-12(2)13(3)8-9-14(4)15-10-11-17-16(15)6-5-7-18(17)19/h8-9,12-17H,5-7,10-11H2,1-4H3/b9-8+/t13-,14+,15+,16?,17+/m0/s1. The zero-order valence-electron chi connectivity index (χ0n) is 13.1. The topological polar surface area (TPSA) is 17.1 Å². The van der Waals surface area contributed by atoms with E-state index in [9.17, 15) is 4.79 Å². The van der Waals surface area contributed by atoms with Crippen molar-refractivity contribution in [1.82, 2.24) is 0 Å². The summed E-state index contributed by atoms with van der Waals surface area (Å²) in [4.78, 5) is 12.0. The molecule has 0 N–H and O–H groups in total. The summed E-state index contributed by atoms with van der Waals surface area (Å²) in [5.74, 6) is 4.44. The molecule has 0 aliphatic heterocycles. The van der Waals surface area contributed by atoms with Crippen molar-refractivity contribution in [2.24, 2.45) is 35.5 Å². The van der Waals surface area contributed by atoms with Crippen molar-refractivity contribution in [3.63, 3.8) is 0 Å². The molecule has 2 aliphatic rings. The van der Waals surface area contributed by atoms with Crippen LogP contribution in [0.1, 0.15) is 59.8 Å². The lowest BCUT2D eigenvalue weighted by Gasteiger charge is -2.30. The number of Topliss-reactive ketones (excluding diaryl/α,β-unsaturated/α-hetero) is 1. The zero-order chi connectivity index (χ0) is 14.0. The van der Waals surface area contributed by atoms with Crippen molar-refractivity contribution >= 4 is 5.78 Å². The molecule has 19 heavy (non-hydrogen) atoms. The van der Waals surface area contributed by atoms with E-state index in [1.807, 2.05) is 0 Å². The molecule has 0 spiro atoms. The van der Waals surface area contributed by atoms with E-state index in [1.54, 1.807) is 0 Å². The van der Waals surface area contributed by atoms with Crippen LogP contribution in [0.4, 0.5) is 0 Å². The molecule has 1 unspecified atom stereocenters. The summed E-state index contributed by atoms with van der Waals surface area (Å²) in [6.45, 7) is 9.22. The normalized spacial score (nSPS) is 34.8. The maximum absolute atomic E-state index is 12.0. The first-order valence-corrected chi connectivity index (χ1v) is 8.21. The first kappa shape index (κ1) is 14.8. The Morgan fingerprint density at radius 2 is 1.79 bits per heavy atom. The van der Waals surface area contributed by atoms with Gasteiger partial charge < -0.3 is 0 Å². The van der Waals surface area contributed by atoms with Gasteiger partial charge in [-0.1, -0.05) is 39.8 Å². The third-order valence-electron chi connectivity index (χ3n) is 5.70. The summed E-state index contributed by atoms with van der Waals surface area (Å²) in [5, 5.41) is 0. The summed E-state index contributed by atoms with van der Waals surface area (Å²) in [5.41, 5.74) is 0. The van der Waals surface area contributed by atoms with E-state index in [-0.39, 0.29) is 0 Å². The van der Waals surface area contributed by atoms with Gasteiger partial charge in [0.25, 0.3) is 0 Å². The molecule has 2 aliphatic carbocycles. The molecule has 2 fully saturated rings. The minimum Gasteiger partial charge on any atom is -0.299 e. The molecular formula is C18H30O. The third-order valence-corrected chi connectivity index (χ3v) is 5.70. The van der Waals surface area contributed by atoms with Gasteiger partial charge in [-0.2, -0.15) is 0 Å². The van der Waals surface area contributed by atoms with Crippen LogP contribution in [0.2, 0.25) is 0 Å². The van der Waals surface area contributed by atoms with Crippen molar-refractivity contribution in [2.75, 3.05) is 0 Å². The van der Waals surface area contributed by atoms with Crippen LogP contribution in [0.15, 0.2) is 12.2 Å². The Morgan fingerprint density at radius 1 is 1.05 bits per heavy atom. The number of rotatable bonds is 4. The Balaban J connectivity index is 1.96. The summed E-state index contributed by atoms with van der Waals surface area (Å²) >= 11 is 0. The first-order chi connectivity index (χ1) is 9.00. The maximum atomic E-state index is 12.0. The maximum Gasteiger partial charge on any atom is 0.136 e. The predicted octanol–water partition coefficient (Wildman–Crippen LogP) is 4.87. The molecule has 1 nitrogen and oxygen atoms in total. The highest BCUT2D eigenvalue weighted by Crippen LogP contribution is 2.47. The van der Waals surface area contributed by atoms with Crippen LogP contribution in [0.25, 0.3) is 0 Å². The van der Waals surface area contributed by atoms with Gasteiger partial charge in [0.1, 0.15) is 5.78 Å². The summed E-state index contributed by atoms with van der Waals surface area (Å²) in [6.07, 6.45) is 10.5. The van der Waals surface area contributed by atoms with E-state index in [1.165, 1.54) is 12.8 Å². The van der Waals surface area contributed by atoms with Crippen molar-refractivity contribution in [3.8, 4) is 0 Å². The minimum atomic E-state index is 0.414. The second kappa shape index (κ2) is 6.24. The second-order valence-corrected chi connectivity index (χ2v) is 7.22. The van der Waals surface area contributed by atoms with Gasteiger partial charge in [0, 0.05) is 12.3 Å². The lowest BCUT2D eigenvalue weighted by atomic mass is 9.73. The Hall–Kier alpha value is -0.590. The SMILES string of the molecule is CC(C)[C@@H](C)/C=C/[C@@H](C)[C@H]1CC[C@H]2C(=O)CCCC21. The summed E-state index contributed by atoms with van der Waals surface area (Å²) in [6, 6.07) is 0. The van der Waals surface area contributed by atoms with Crippen LogP contribution in [-0.4, -0.2) is 5.78 Å². The van der Waals surface area contributed by atoms with E-state index in [0.717, 1.165) is 31.1 Å². The average Bonchev–Trinajstić information content (AvgIpc) is 2.80. The minimum absolute atomic E-state index is 0.414. The van der Waals surface area contributed by atoms with Crippen molar-refractivity contribution < 1.29 is 4.79 Å². The highest BCUT2D eigenvalue weighted by molar-refractivity contribution is 5.82. The molecule has 1 heteroatoms. The largest absolute Gasteiger partial charge is 0.299 e. The number of carbonyl (C=O) groups is 1. The molecule has 0 aromatic carbocycles. The van der Waals surface area contributed by atoms with Crippen LogP contribution in [0.5, 0.6) is 0 Å². The second-order valence-electron chi connectivity index (χ2n) is 7.22. The van der Waals surface area contributed by atoms with Crippen LogP contribution >= 0.6 is 0 Å². The molecule has 0 heterocycles. The van der Waals surface area contributed by atoms with Crippen molar-refractivity contribution in [3.05, 3.63) is 12.2 Å². The molecule has 0 aromatic heterocycles. The number of carbonyl (C=O) groups excluding carboxylic acids is 1. The summed E-state index contributed by atoms with van der Waals surface area (Å²) in [7, 11) is 0. The van der Waals surface area contributed by atoms with E-state index in [4.69, 9.17) is 0 Å². The van der Waals surface area contributed by atoms with Crippen molar-refractivity contribution in [1.29, 1.82) is 0 Å². The Kier molecular flexibility index (Phi) is 4.86. The monoisotopic (exact) mass is 262 g/mol. The quantitative estimate of drug-likeness (QED) is 0.661. The van der Waals surface area contributed by atoms with E-state index >= 15 is 0 Å². The van der Waals surface area contributed by atoms with Crippen LogP contribution in [0.3, 0.4) is 0 Å². The van der Waals surface area contributed by atoms with Crippen LogP contribution in [0, 0.1) is 35.5 Å². The Labute approximate surface area is 118 Å².